The predicted octanol–water partition coefficient (Wildman–Crippen LogP) is 4.58. The zero-order valence-electron chi connectivity index (χ0n) is 17.9. The van der Waals surface area contributed by atoms with Crippen LogP contribution in [0, 0.1) is 5.92 Å². The second kappa shape index (κ2) is 9.16. The molecular weight excluding hydrogens is 376 g/mol. The van der Waals surface area contributed by atoms with E-state index in [2.05, 4.69) is 26.1 Å². The Hall–Kier alpha value is -3.08. The van der Waals surface area contributed by atoms with Crippen LogP contribution >= 0.6 is 0 Å². The molecule has 3 rings (SSSR count). The number of hydrogen-bond donors (Lipinski definition) is 2. The molecule has 0 radical (unpaired) electrons. The van der Waals surface area contributed by atoms with Crippen LogP contribution in [0.25, 0.3) is 6.08 Å². The molecule has 30 heavy (non-hydrogen) atoms. The van der Waals surface area contributed by atoms with E-state index in [4.69, 9.17) is 0 Å². The highest BCUT2D eigenvalue weighted by Gasteiger charge is 2.27. The highest BCUT2D eigenvalue weighted by molar-refractivity contribution is 5.95. The fourth-order valence-corrected chi connectivity index (χ4v) is 3.54. The van der Waals surface area contributed by atoms with Gasteiger partial charge in [0.25, 0.3) is 0 Å². The third kappa shape index (κ3) is 5.50. The Labute approximate surface area is 178 Å². The quantitative estimate of drug-likeness (QED) is 0.577. The fraction of sp³-hybridized carbons (Fsp3) is 0.360. The summed E-state index contributed by atoms with van der Waals surface area (Å²) >= 11 is 0. The van der Waals surface area contributed by atoms with Crippen LogP contribution in [-0.4, -0.2) is 34.9 Å². The van der Waals surface area contributed by atoms with Gasteiger partial charge in [-0.05, 0) is 47.6 Å². The number of nitrogens with one attached hydrogen (secondary N) is 1. The van der Waals surface area contributed by atoms with E-state index in [0.29, 0.717) is 31.6 Å². The molecule has 0 unspecified atom stereocenters. The fourth-order valence-electron chi connectivity index (χ4n) is 3.54. The van der Waals surface area contributed by atoms with Gasteiger partial charge in [0.15, 0.2) is 0 Å². The molecule has 158 valence electrons. The molecule has 0 saturated carbocycles. The van der Waals surface area contributed by atoms with E-state index >= 15 is 0 Å². The lowest BCUT2D eigenvalue weighted by atomic mass is 9.86. The highest BCUT2D eigenvalue weighted by atomic mass is 16.3. The van der Waals surface area contributed by atoms with Crippen LogP contribution in [0.4, 0.5) is 5.69 Å². The summed E-state index contributed by atoms with van der Waals surface area (Å²) in [6.07, 6.45) is 4.62. The molecule has 0 bridgehead atoms. The maximum atomic E-state index is 12.7. The minimum absolute atomic E-state index is 0.0340. The van der Waals surface area contributed by atoms with Gasteiger partial charge >= 0.3 is 0 Å². The monoisotopic (exact) mass is 406 g/mol. The zero-order valence-corrected chi connectivity index (χ0v) is 17.9. The topological polar surface area (TPSA) is 69.6 Å². The van der Waals surface area contributed by atoms with Crippen LogP contribution in [0.3, 0.4) is 0 Å². The van der Waals surface area contributed by atoms with Crippen LogP contribution < -0.4 is 5.32 Å². The number of phenolic OH excluding ortho intramolecular Hbond substituents is 1. The molecule has 0 aliphatic carbocycles. The van der Waals surface area contributed by atoms with Crippen molar-refractivity contribution in [2.45, 2.75) is 39.0 Å². The lowest BCUT2D eigenvalue weighted by Gasteiger charge is -2.30. The van der Waals surface area contributed by atoms with Gasteiger partial charge in [0, 0.05) is 25.1 Å². The van der Waals surface area contributed by atoms with E-state index in [1.807, 2.05) is 48.5 Å². The number of aromatic hydroxyl groups is 1. The number of benzene rings is 2. The van der Waals surface area contributed by atoms with Crippen LogP contribution in [0.2, 0.25) is 0 Å². The molecule has 2 aromatic carbocycles. The summed E-state index contributed by atoms with van der Waals surface area (Å²) in [5.41, 5.74) is 2.39. The highest BCUT2D eigenvalue weighted by Crippen LogP contribution is 2.31. The third-order valence-electron chi connectivity index (χ3n) is 5.52. The molecule has 5 nitrogen and oxygen atoms in total. The molecule has 1 aliphatic rings. The Balaban J connectivity index is 1.55. The number of carbonyl (C=O) groups is 2. The van der Waals surface area contributed by atoms with Crippen molar-refractivity contribution >= 4 is 23.6 Å². The Kier molecular flexibility index (Phi) is 6.60. The molecule has 2 aromatic rings. The van der Waals surface area contributed by atoms with Crippen LogP contribution in [0.5, 0.6) is 5.75 Å². The smallest absolute Gasteiger partial charge is 0.246 e. The van der Waals surface area contributed by atoms with Crippen molar-refractivity contribution < 1.29 is 14.7 Å². The van der Waals surface area contributed by atoms with Crippen molar-refractivity contribution in [3.8, 4) is 5.75 Å². The van der Waals surface area contributed by atoms with E-state index in [-0.39, 0.29) is 28.9 Å². The van der Waals surface area contributed by atoms with Gasteiger partial charge in [-0.3, -0.25) is 9.59 Å². The Morgan fingerprint density at radius 2 is 1.73 bits per heavy atom. The van der Waals surface area contributed by atoms with E-state index in [0.717, 1.165) is 11.1 Å². The molecule has 2 amide bonds. The molecule has 1 heterocycles. The summed E-state index contributed by atoms with van der Waals surface area (Å²) < 4.78 is 0. The van der Waals surface area contributed by atoms with Crippen LogP contribution in [0.1, 0.15) is 44.7 Å². The summed E-state index contributed by atoms with van der Waals surface area (Å²) in [5.74, 6) is -0.253. The van der Waals surface area contributed by atoms with E-state index in [1.54, 1.807) is 17.0 Å². The Morgan fingerprint density at radius 1 is 1.07 bits per heavy atom. The predicted molar refractivity (Wildman–Crippen MR) is 120 cm³/mol. The lowest BCUT2D eigenvalue weighted by Crippen LogP contribution is -2.40. The molecule has 1 aliphatic heterocycles. The summed E-state index contributed by atoms with van der Waals surface area (Å²) in [5, 5.41) is 13.0. The maximum Gasteiger partial charge on any atom is 0.246 e. The number of carbonyl (C=O) groups excluding carboxylic acids is 2. The first-order valence-electron chi connectivity index (χ1n) is 10.4. The molecule has 2 N–H and O–H groups in total. The Morgan fingerprint density at radius 3 is 2.37 bits per heavy atom. The van der Waals surface area contributed by atoms with Gasteiger partial charge in [0.1, 0.15) is 5.75 Å². The van der Waals surface area contributed by atoms with E-state index in [9.17, 15) is 14.7 Å². The SMILES string of the molecule is CC(C)(C)c1ccc(O)c(NC(=O)C2CCN(C(=O)/C=C/c3ccccc3)CC2)c1. The summed E-state index contributed by atoms with van der Waals surface area (Å²) in [7, 11) is 0. The van der Waals surface area contributed by atoms with Crippen molar-refractivity contribution in [3.63, 3.8) is 0 Å². The van der Waals surface area contributed by atoms with E-state index < -0.39 is 0 Å². The normalized spacial score (nSPS) is 15.4. The molecule has 1 fully saturated rings. The van der Waals surface area contributed by atoms with Crippen molar-refractivity contribution in [2.75, 3.05) is 18.4 Å². The standard InChI is InChI=1S/C25H30N2O3/c1-25(2,3)20-10-11-22(28)21(17-20)26-24(30)19-13-15-27(16-14-19)23(29)12-9-18-7-5-4-6-8-18/h4-12,17,19,28H,13-16H2,1-3H3,(H,26,30)/b12-9+. The number of likely N-dealkylation sites (tertiary alicyclic amines) is 1. The molecule has 0 atom stereocenters. The number of nitrogens with zero attached hydrogens (tertiary/aromatic N) is 1. The lowest BCUT2D eigenvalue weighted by molar-refractivity contribution is -0.130. The van der Waals surface area contributed by atoms with Crippen molar-refractivity contribution in [1.29, 1.82) is 0 Å². The summed E-state index contributed by atoms with van der Waals surface area (Å²) in [4.78, 5) is 26.9. The molecule has 5 heteroatoms. The average molecular weight is 407 g/mol. The molecule has 0 spiro atoms. The number of rotatable bonds is 4. The third-order valence-corrected chi connectivity index (χ3v) is 5.52. The number of anilines is 1. The Bertz CT molecular complexity index is 921. The molecular formula is C25H30N2O3. The minimum atomic E-state index is -0.176. The van der Waals surface area contributed by atoms with Crippen molar-refractivity contribution in [1.82, 2.24) is 4.90 Å². The van der Waals surface area contributed by atoms with Gasteiger partial charge in [-0.1, -0.05) is 57.2 Å². The van der Waals surface area contributed by atoms with Crippen LogP contribution in [0.15, 0.2) is 54.6 Å². The number of phenols is 1. The largest absolute Gasteiger partial charge is 0.506 e. The number of amides is 2. The van der Waals surface area contributed by atoms with Gasteiger partial charge in [0.05, 0.1) is 5.69 Å². The second-order valence-corrected chi connectivity index (χ2v) is 8.81. The summed E-state index contributed by atoms with van der Waals surface area (Å²) in [6, 6.07) is 15.0. The van der Waals surface area contributed by atoms with Gasteiger partial charge in [-0.25, -0.2) is 0 Å². The number of piperidine rings is 1. The molecule has 1 saturated heterocycles. The van der Waals surface area contributed by atoms with Crippen molar-refractivity contribution in [3.05, 3.63) is 65.7 Å². The number of hydrogen-bond acceptors (Lipinski definition) is 3. The van der Waals surface area contributed by atoms with E-state index in [1.165, 1.54) is 0 Å². The minimum Gasteiger partial charge on any atom is -0.506 e. The second-order valence-electron chi connectivity index (χ2n) is 8.81. The zero-order chi connectivity index (χ0) is 21.7. The maximum absolute atomic E-state index is 12.7. The first kappa shape index (κ1) is 21.6. The summed E-state index contributed by atoms with van der Waals surface area (Å²) in [6.45, 7) is 7.35. The first-order valence-corrected chi connectivity index (χ1v) is 10.4. The first-order chi connectivity index (χ1) is 14.2. The van der Waals surface area contributed by atoms with Crippen LogP contribution in [-0.2, 0) is 15.0 Å². The van der Waals surface area contributed by atoms with Gasteiger partial charge in [0.2, 0.25) is 11.8 Å². The average Bonchev–Trinajstić information content (AvgIpc) is 2.73. The van der Waals surface area contributed by atoms with Crippen molar-refractivity contribution in [2.24, 2.45) is 5.92 Å². The van der Waals surface area contributed by atoms with Gasteiger partial charge < -0.3 is 15.3 Å². The van der Waals surface area contributed by atoms with Gasteiger partial charge in [-0.2, -0.15) is 0 Å². The molecule has 0 aromatic heterocycles. The van der Waals surface area contributed by atoms with Gasteiger partial charge in [-0.15, -0.1) is 0 Å².